The maximum absolute atomic E-state index is 13.8. The highest BCUT2D eigenvalue weighted by atomic mass is 32.1. The summed E-state index contributed by atoms with van der Waals surface area (Å²) in [5.41, 5.74) is 4.54. The maximum Gasteiger partial charge on any atom is 0.297 e. The first kappa shape index (κ1) is 23.9. The Kier molecular flexibility index (Phi) is 6.13. The molecule has 0 N–H and O–H groups in total. The zero-order valence-corrected chi connectivity index (χ0v) is 21.5. The fourth-order valence-electron chi connectivity index (χ4n) is 4.69. The summed E-state index contributed by atoms with van der Waals surface area (Å²) < 4.78 is 18.0. The number of carbonyl (C=O) groups excluding carboxylic acids is 1. The van der Waals surface area contributed by atoms with Crippen LogP contribution in [0.5, 0.6) is 11.5 Å². The molecule has 0 saturated heterocycles. The van der Waals surface area contributed by atoms with Gasteiger partial charge in [0, 0.05) is 0 Å². The van der Waals surface area contributed by atoms with E-state index < -0.39 is 11.9 Å². The minimum atomic E-state index is -0.769. The summed E-state index contributed by atoms with van der Waals surface area (Å²) in [6.07, 6.45) is 0. The van der Waals surface area contributed by atoms with Crippen LogP contribution in [0.3, 0.4) is 0 Å². The minimum Gasteiger partial charge on any atom is -0.490 e. The smallest absolute Gasteiger partial charge is 0.297 e. The zero-order chi connectivity index (χ0) is 26.2. The molecule has 0 bridgehead atoms. The van der Waals surface area contributed by atoms with E-state index in [4.69, 9.17) is 13.9 Å². The van der Waals surface area contributed by atoms with Crippen LogP contribution in [0.25, 0.3) is 11.0 Å². The molecule has 3 heterocycles. The lowest BCUT2D eigenvalue weighted by Gasteiger charge is -2.23. The fourth-order valence-corrected chi connectivity index (χ4v) is 5.27. The Labute approximate surface area is 222 Å². The van der Waals surface area contributed by atoms with E-state index in [0.29, 0.717) is 46.4 Å². The maximum atomic E-state index is 13.8. The lowest BCUT2D eigenvalue weighted by Crippen LogP contribution is -2.29. The van der Waals surface area contributed by atoms with Crippen molar-refractivity contribution in [3.63, 3.8) is 0 Å². The molecular formula is C29H23N3O5S. The molecule has 1 aliphatic heterocycles. The predicted molar refractivity (Wildman–Crippen MR) is 144 cm³/mol. The van der Waals surface area contributed by atoms with Gasteiger partial charge in [0.15, 0.2) is 16.9 Å². The van der Waals surface area contributed by atoms with Crippen molar-refractivity contribution in [3.8, 4) is 11.5 Å². The molecule has 1 amide bonds. The second kappa shape index (κ2) is 9.75. The number of amides is 1. The highest BCUT2D eigenvalue weighted by Crippen LogP contribution is 2.43. The molecule has 1 atom stereocenters. The van der Waals surface area contributed by atoms with Crippen LogP contribution < -0.4 is 19.8 Å². The van der Waals surface area contributed by atoms with Crippen LogP contribution >= 0.6 is 11.3 Å². The van der Waals surface area contributed by atoms with Crippen molar-refractivity contribution in [1.82, 2.24) is 10.2 Å². The molecule has 2 aromatic heterocycles. The van der Waals surface area contributed by atoms with Crippen LogP contribution in [-0.4, -0.2) is 22.7 Å². The first-order valence-corrected chi connectivity index (χ1v) is 13.0. The van der Waals surface area contributed by atoms with Crippen LogP contribution in [0.4, 0.5) is 5.13 Å². The molecule has 0 fully saturated rings. The number of hydrogen-bond acceptors (Lipinski definition) is 8. The van der Waals surface area contributed by atoms with E-state index in [0.717, 1.165) is 11.1 Å². The van der Waals surface area contributed by atoms with Crippen molar-refractivity contribution >= 4 is 33.3 Å². The van der Waals surface area contributed by atoms with Gasteiger partial charge in [-0.2, -0.15) is 0 Å². The standard InChI is InChI=1S/C29H23N3O5S/c1-3-35-23-14-19(10-12-22(23)36-15-18-7-5-4-6-8-18)25-24-26(33)20-13-17(2)9-11-21(20)37-27(24)28(34)32(25)29-31-30-16-38-29/h4-14,16,25H,3,15H2,1-2H3/t25-/m1/s1. The topological polar surface area (TPSA) is 94.8 Å². The van der Waals surface area contributed by atoms with Gasteiger partial charge in [-0.3, -0.25) is 14.5 Å². The Hall–Kier alpha value is -4.50. The predicted octanol–water partition coefficient (Wildman–Crippen LogP) is 5.68. The van der Waals surface area contributed by atoms with Gasteiger partial charge in [0.2, 0.25) is 10.9 Å². The third-order valence-corrected chi connectivity index (χ3v) is 7.09. The molecule has 190 valence electrons. The van der Waals surface area contributed by atoms with Crippen LogP contribution in [0, 0.1) is 6.92 Å². The minimum absolute atomic E-state index is 0.00826. The summed E-state index contributed by atoms with van der Waals surface area (Å²) in [6, 6.07) is 19.9. The van der Waals surface area contributed by atoms with Gasteiger partial charge >= 0.3 is 0 Å². The van der Waals surface area contributed by atoms with Crippen molar-refractivity contribution < 1.29 is 18.7 Å². The molecule has 0 spiro atoms. The molecule has 1 aliphatic rings. The van der Waals surface area contributed by atoms with Crippen molar-refractivity contribution in [2.24, 2.45) is 0 Å². The molecule has 6 rings (SSSR count). The quantitative estimate of drug-likeness (QED) is 0.270. The third kappa shape index (κ3) is 4.10. The zero-order valence-electron chi connectivity index (χ0n) is 20.7. The largest absolute Gasteiger partial charge is 0.490 e. The number of aromatic nitrogens is 2. The van der Waals surface area contributed by atoms with Gasteiger partial charge in [-0.25, -0.2) is 0 Å². The van der Waals surface area contributed by atoms with Gasteiger partial charge in [0.25, 0.3) is 5.91 Å². The van der Waals surface area contributed by atoms with Crippen molar-refractivity contribution in [1.29, 1.82) is 0 Å². The highest BCUT2D eigenvalue weighted by molar-refractivity contribution is 7.13. The molecule has 8 nitrogen and oxygen atoms in total. The number of benzene rings is 3. The van der Waals surface area contributed by atoms with Gasteiger partial charge in [0.05, 0.1) is 23.6 Å². The monoisotopic (exact) mass is 525 g/mol. The van der Waals surface area contributed by atoms with E-state index in [9.17, 15) is 9.59 Å². The van der Waals surface area contributed by atoms with E-state index in [2.05, 4.69) is 10.2 Å². The summed E-state index contributed by atoms with van der Waals surface area (Å²) in [5, 5.41) is 8.84. The van der Waals surface area contributed by atoms with Crippen LogP contribution in [0.1, 0.15) is 45.8 Å². The number of rotatable bonds is 7. The molecule has 5 aromatic rings. The lowest BCUT2D eigenvalue weighted by molar-refractivity contribution is 0.0970. The Morgan fingerprint density at radius 3 is 2.61 bits per heavy atom. The van der Waals surface area contributed by atoms with Crippen molar-refractivity contribution in [2.45, 2.75) is 26.5 Å². The molecule has 0 aliphatic carbocycles. The molecule has 0 saturated carbocycles. The molecule has 3 aromatic carbocycles. The number of carbonyl (C=O) groups is 1. The Morgan fingerprint density at radius 2 is 1.84 bits per heavy atom. The Balaban J connectivity index is 1.49. The summed E-state index contributed by atoms with van der Waals surface area (Å²) in [6.45, 7) is 4.58. The summed E-state index contributed by atoms with van der Waals surface area (Å²) in [7, 11) is 0. The molecule has 0 radical (unpaired) electrons. The summed E-state index contributed by atoms with van der Waals surface area (Å²) in [5.74, 6) is 0.644. The Morgan fingerprint density at radius 1 is 1.00 bits per heavy atom. The molecular weight excluding hydrogens is 502 g/mol. The summed E-state index contributed by atoms with van der Waals surface area (Å²) in [4.78, 5) is 28.9. The van der Waals surface area contributed by atoms with Crippen LogP contribution in [0.2, 0.25) is 0 Å². The lowest BCUT2D eigenvalue weighted by atomic mass is 9.98. The van der Waals surface area contributed by atoms with Gasteiger partial charge in [-0.15, -0.1) is 10.2 Å². The first-order chi connectivity index (χ1) is 18.5. The van der Waals surface area contributed by atoms with E-state index >= 15 is 0 Å². The van der Waals surface area contributed by atoms with Gasteiger partial charge < -0.3 is 13.9 Å². The second-order valence-electron chi connectivity index (χ2n) is 8.89. The van der Waals surface area contributed by atoms with Gasteiger partial charge in [0.1, 0.15) is 17.7 Å². The first-order valence-electron chi connectivity index (χ1n) is 12.2. The van der Waals surface area contributed by atoms with Crippen LogP contribution in [0.15, 0.2) is 81.5 Å². The van der Waals surface area contributed by atoms with Crippen molar-refractivity contribution in [2.75, 3.05) is 11.5 Å². The molecule has 0 unspecified atom stereocenters. The number of nitrogens with zero attached hydrogens (tertiary/aromatic N) is 3. The van der Waals surface area contributed by atoms with Crippen LogP contribution in [-0.2, 0) is 6.61 Å². The number of hydrogen-bond donors (Lipinski definition) is 0. The van der Waals surface area contributed by atoms with Gasteiger partial charge in [-0.1, -0.05) is 59.4 Å². The number of fused-ring (bicyclic) bond motifs is 2. The van der Waals surface area contributed by atoms with E-state index in [1.807, 2.05) is 62.4 Å². The third-order valence-electron chi connectivity index (χ3n) is 6.40. The molecule has 38 heavy (non-hydrogen) atoms. The highest BCUT2D eigenvalue weighted by Gasteiger charge is 2.45. The van der Waals surface area contributed by atoms with Crippen molar-refractivity contribution in [3.05, 3.63) is 110 Å². The van der Waals surface area contributed by atoms with E-state index in [-0.39, 0.29) is 16.8 Å². The molecule has 9 heteroatoms. The normalized spacial score (nSPS) is 14.6. The van der Waals surface area contributed by atoms with Gasteiger partial charge in [-0.05, 0) is 49.2 Å². The average molecular weight is 526 g/mol. The van der Waals surface area contributed by atoms with E-state index in [1.54, 1.807) is 23.7 Å². The fraction of sp³-hybridized carbons (Fsp3) is 0.172. The second-order valence-corrected chi connectivity index (χ2v) is 9.70. The van der Waals surface area contributed by atoms with E-state index in [1.165, 1.54) is 16.2 Å². The average Bonchev–Trinajstić information content (AvgIpc) is 3.56. The SMILES string of the molecule is CCOc1cc([C@@H]2c3c(oc4ccc(C)cc4c3=O)C(=O)N2c2nncs2)ccc1OCc1ccccc1. The number of ether oxygens (including phenoxy) is 2. The number of anilines is 1. The Bertz CT molecular complexity index is 1700. The number of aryl methyl sites for hydroxylation is 1. The summed E-state index contributed by atoms with van der Waals surface area (Å²) >= 11 is 1.21.